The molecule has 1 saturated heterocycles. The van der Waals surface area contributed by atoms with Crippen LogP contribution in [0.4, 0.5) is 0 Å². The molecule has 1 atom stereocenters. The number of hydrazone groups is 1. The van der Waals surface area contributed by atoms with Crippen molar-refractivity contribution in [3.63, 3.8) is 0 Å². The standard InChI is InChI=1S/C17H28N4O2/c22-16-10-9-15(19-20-16)17(23)18-13-6-5-11-21(12-13)14-7-3-1-2-4-8-14/h13-14H,1-12H2,(H,18,23)(H,20,22). The van der Waals surface area contributed by atoms with E-state index in [2.05, 4.69) is 20.7 Å². The van der Waals surface area contributed by atoms with Crippen molar-refractivity contribution in [2.75, 3.05) is 13.1 Å². The van der Waals surface area contributed by atoms with Gasteiger partial charge in [-0.1, -0.05) is 25.7 Å². The lowest BCUT2D eigenvalue weighted by Crippen LogP contribution is -2.52. The Balaban J connectivity index is 1.52. The van der Waals surface area contributed by atoms with Crippen LogP contribution < -0.4 is 10.7 Å². The molecule has 2 amide bonds. The summed E-state index contributed by atoms with van der Waals surface area (Å²) < 4.78 is 0. The number of piperidine rings is 1. The molecule has 1 unspecified atom stereocenters. The summed E-state index contributed by atoms with van der Waals surface area (Å²) in [5.74, 6) is -0.225. The molecule has 1 aliphatic carbocycles. The Morgan fingerprint density at radius 2 is 1.87 bits per heavy atom. The lowest BCUT2D eigenvalue weighted by atomic mass is 9.99. The van der Waals surface area contributed by atoms with Gasteiger partial charge in [-0.2, -0.15) is 5.10 Å². The molecule has 0 bridgehead atoms. The van der Waals surface area contributed by atoms with Gasteiger partial charge in [-0.15, -0.1) is 0 Å². The summed E-state index contributed by atoms with van der Waals surface area (Å²) in [7, 11) is 0. The number of carbonyl (C=O) groups is 2. The van der Waals surface area contributed by atoms with Gasteiger partial charge in [-0.3, -0.25) is 14.5 Å². The summed E-state index contributed by atoms with van der Waals surface area (Å²) in [6, 6.07) is 0.906. The average Bonchev–Trinajstić information content (AvgIpc) is 2.85. The molecule has 0 aromatic heterocycles. The van der Waals surface area contributed by atoms with Crippen LogP contribution in [0, 0.1) is 0 Å². The molecule has 0 aromatic rings. The molecule has 1 saturated carbocycles. The van der Waals surface area contributed by atoms with Crippen molar-refractivity contribution < 1.29 is 9.59 Å². The van der Waals surface area contributed by atoms with Gasteiger partial charge < -0.3 is 5.32 Å². The van der Waals surface area contributed by atoms with Gasteiger partial charge in [0.2, 0.25) is 5.91 Å². The highest BCUT2D eigenvalue weighted by Crippen LogP contribution is 2.24. The van der Waals surface area contributed by atoms with Crippen molar-refractivity contribution in [3.8, 4) is 0 Å². The van der Waals surface area contributed by atoms with Crippen LogP contribution in [0.25, 0.3) is 0 Å². The van der Waals surface area contributed by atoms with Gasteiger partial charge in [0.05, 0.1) is 0 Å². The number of amides is 2. The van der Waals surface area contributed by atoms with E-state index in [1.807, 2.05) is 0 Å². The fourth-order valence-electron chi connectivity index (χ4n) is 3.99. The number of rotatable bonds is 3. The van der Waals surface area contributed by atoms with Crippen LogP contribution in [0.3, 0.4) is 0 Å². The van der Waals surface area contributed by atoms with E-state index in [1.165, 1.54) is 38.5 Å². The Bertz CT molecular complexity index is 469. The molecular weight excluding hydrogens is 292 g/mol. The maximum absolute atomic E-state index is 12.3. The maximum Gasteiger partial charge on any atom is 0.267 e. The van der Waals surface area contributed by atoms with E-state index in [9.17, 15) is 9.59 Å². The first-order valence-electron chi connectivity index (χ1n) is 9.12. The Morgan fingerprint density at radius 3 is 2.57 bits per heavy atom. The van der Waals surface area contributed by atoms with Crippen molar-refractivity contribution in [2.24, 2.45) is 5.10 Å². The number of hydrogen-bond acceptors (Lipinski definition) is 4. The Labute approximate surface area is 138 Å². The van der Waals surface area contributed by atoms with Crippen LogP contribution in [0.5, 0.6) is 0 Å². The number of hydrogen-bond donors (Lipinski definition) is 2. The molecule has 128 valence electrons. The zero-order valence-corrected chi connectivity index (χ0v) is 13.9. The first-order chi connectivity index (χ1) is 11.2. The SMILES string of the molecule is O=C1CCC(C(=O)NC2CCCN(C3CCCCCC3)C2)=NN1. The second kappa shape index (κ2) is 7.90. The van der Waals surface area contributed by atoms with Crippen molar-refractivity contribution in [1.82, 2.24) is 15.6 Å². The monoisotopic (exact) mass is 320 g/mol. The third kappa shape index (κ3) is 4.53. The van der Waals surface area contributed by atoms with Crippen LogP contribution in [0.1, 0.15) is 64.2 Å². The Hall–Kier alpha value is -1.43. The maximum atomic E-state index is 12.3. The molecule has 0 radical (unpaired) electrons. The van der Waals surface area contributed by atoms with Crippen LogP contribution in [-0.2, 0) is 9.59 Å². The lowest BCUT2D eigenvalue weighted by Gasteiger charge is -2.38. The van der Waals surface area contributed by atoms with Gasteiger partial charge in [-0.25, -0.2) is 5.43 Å². The number of nitrogens with one attached hydrogen (secondary N) is 2. The van der Waals surface area contributed by atoms with Crippen LogP contribution in [0.15, 0.2) is 5.10 Å². The van der Waals surface area contributed by atoms with Crippen LogP contribution >= 0.6 is 0 Å². The lowest BCUT2D eigenvalue weighted by molar-refractivity contribution is -0.121. The van der Waals surface area contributed by atoms with E-state index < -0.39 is 0 Å². The van der Waals surface area contributed by atoms with Crippen molar-refractivity contribution in [2.45, 2.75) is 76.3 Å². The summed E-state index contributed by atoms with van der Waals surface area (Å²) in [4.78, 5) is 26.0. The van der Waals surface area contributed by atoms with E-state index in [0.717, 1.165) is 25.9 Å². The summed E-state index contributed by atoms with van der Waals surface area (Å²) >= 11 is 0. The van der Waals surface area contributed by atoms with Gasteiger partial charge in [0, 0.05) is 31.5 Å². The van der Waals surface area contributed by atoms with Crippen LogP contribution in [0.2, 0.25) is 0 Å². The first-order valence-corrected chi connectivity index (χ1v) is 9.12. The summed E-state index contributed by atoms with van der Waals surface area (Å²) in [6.45, 7) is 2.12. The molecule has 2 aliphatic heterocycles. The molecule has 0 aromatic carbocycles. The molecule has 2 N–H and O–H groups in total. The molecule has 23 heavy (non-hydrogen) atoms. The summed E-state index contributed by atoms with van der Waals surface area (Å²) in [5.41, 5.74) is 2.85. The third-order valence-electron chi connectivity index (χ3n) is 5.30. The van der Waals surface area contributed by atoms with E-state index in [0.29, 0.717) is 24.6 Å². The summed E-state index contributed by atoms with van der Waals surface area (Å²) in [5, 5.41) is 7.01. The third-order valence-corrected chi connectivity index (χ3v) is 5.30. The predicted molar refractivity (Wildman–Crippen MR) is 89.0 cm³/mol. The molecule has 3 aliphatic rings. The Kier molecular flexibility index (Phi) is 5.65. The molecule has 0 spiro atoms. The average molecular weight is 320 g/mol. The zero-order chi connectivity index (χ0) is 16.1. The predicted octanol–water partition coefficient (Wildman–Crippen LogP) is 1.56. The molecule has 2 fully saturated rings. The number of nitrogens with zero attached hydrogens (tertiary/aromatic N) is 2. The second-order valence-corrected chi connectivity index (χ2v) is 7.05. The fourth-order valence-corrected chi connectivity index (χ4v) is 3.99. The van der Waals surface area contributed by atoms with Gasteiger partial charge in [-0.05, 0) is 32.2 Å². The highest BCUT2D eigenvalue weighted by atomic mass is 16.2. The first kappa shape index (κ1) is 16.4. The fraction of sp³-hybridized carbons (Fsp3) is 0.824. The van der Waals surface area contributed by atoms with Gasteiger partial charge in [0.1, 0.15) is 5.71 Å². The largest absolute Gasteiger partial charge is 0.347 e. The van der Waals surface area contributed by atoms with Gasteiger partial charge in [0.25, 0.3) is 5.91 Å². The highest BCUT2D eigenvalue weighted by molar-refractivity contribution is 6.39. The normalized spacial score (nSPS) is 27.7. The zero-order valence-electron chi connectivity index (χ0n) is 13.9. The van der Waals surface area contributed by atoms with E-state index in [-0.39, 0.29) is 17.9 Å². The smallest absolute Gasteiger partial charge is 0.267 e. The molecular formula is C17H28N4O2. The second-order valence-electron chi connectivity index (χ2n) is 7.05. The van der Waals surface area contributed by atoms with E-state index in [4.69, 9.17) is 0 Å². The van der Waals surface area contributed by atoms with Crippen LogP contribution in [-0.4, -0.2) is 47.6 Å². The molecule has 3 rings (SSSR count). The quantitative estimate of drug-likeness (QED) is 0.775. The van der Waals surface area contributed by atoms with Crippen molar-refractivity contribution in [1.29, 1.82) is 0 Å². The number of likely N-dealkylation sites (tertiary alicyclic amines) is 1. The molecule has 2 heterocycles. The van der Waals surface area contributed by atoms with E-state index in [1.54, 1.807) is 0 Å². The molecule has 6 heteroatoms. The van der Waals surface area contributed by atoms with Gasteiger partial charge >= 0.3 is 0 Å². The van der Waals surface area contributed by atoms with Crippen molar-refractivity contribution >= 4 is 17.5 Å². The minimum absolute atomic E-state index is 0.112. The number of carbonyl (C=O) groups excluding carboxylic acids is 2. The Morgan fingerprint density at radius 1 is 1.09 bits per heavy atom. The van der Waals surface area contributed by atoms with Gasteiger partial charge in [0.15, 0.2) is 0 Å². The topological polar surface area (TPSA) is 73.8 Å². The van der Waals surface area contributed by atoms with Crippen molar-refractivity contribution in [3.05, 3.63) is 0 Å². The highest BCUT2D eigenvalue weighted by Gasteiger charge is 2.28. The van der Waals surface area contributed by atoms with E-state index >= 15 is 0 Å². The minimum Gasteiger partial charge on any atom is -0.347 e. The minimum atomic E-state index is -0.113. The molecule has 6 nitrogen and oxygen atoms in total. The summed E-state index contributed by atoms with van der Waals surface area (Å²) in [6.07, 6.45) is 11.0.